The molecule has 1 aromatic carbocycles. The van der Waals surface area contributed by atoms with E-state index in [9.17, 15) is 8.42 Å². The van der Waals surface area contributed by atoms with E-state index in [1.165, 1.54) is 0 Å². The monoisotopic (exact) mass is 444 g/mol. The minimum Gasteiger partial charge on any atom is -0.493 e. The first-order valence-corrected chi connectivity index (χ1v) is 12.6. The lowest BCUT2D eigenvalue weighted by atomic mass is 10.3. The minimum atomic E-state index is -3.26. The highest BCUT2D eigenvalue weighted by molar-refractivity contribution is 7.99. The fourth-order valence-electron chi connectivity index (χ4n) is 2.73. The zero-order valence-electron chi connectivity index (χ0n) is 17.2. The van der Waals surface area contributed by atoms with Crippen molar-refractivity contribution in [3.63, 3.8) is 0 Å². The average molecular weight is 445 g/mol. The fraction of sp³-hybridized carbons (Fsp3) is 0.632. The van der Waals surface area contributed by atoms with Gasteiger partial charge in [-0.1, -0.05) is 6.07 Å². The lowest BCUT2D eigenvalue weighted by Gasteiger charge is -2.25. The maximum Gasteiger partial charge on any atom is 0.215 e. The molecule has 0 radical (unpaired) electrons. The summed E-state index contributed by atoms with van der Waals surface area (Å²) in [6, 6.07) is 7.60. The molecule has 0 atom stereocenters. The zero-order valence-corrected chi connectivity index (χ0v) is 18.9. The summed E-state index contributed by atoms with van der Waals surface area (Å²) in [5.41, 5.74) is 0.824. The van der Waals surface area contributed by atoms with Crippen LogP contribution in [0.1, 0.15) is 13.3 Å². The van der Waals surface area contributed by atoms with E-state index in [0.29, 0.717) is 38.8 Å². The molecule has 0 aromatic heterocycles. The van der Waals surface area contributed by atoms with Gasteiger partial charge in [-0.25, -0.2) is 12.7 Å². The predicted molar refractivity (Wildman–Crippen MR) is 121 cm³/mol. The molecule has 0 spiro atoms. The number of nitrogens with zero attached hydrogens (tertiary/aromatic N) is 2. The summed E-state index contributed by atoms with van der Waals surface area (Å²) in [5.74, 6) is 3.03. The highest BCUT2D eigenvalue weighted by Gasteiger charge is 2.23. The number of hydrogen-bond acceptors (Lipinski definition) is 6. The lowest BCUT2D eigenvalue weighted by molar-refractivity contribution is 0.172. The van der Waals surface area contributed by atoms with Crippen LogP contribution in [0, 0.1) is 0 Å². The van der Waals surface area contributed by atoms with E-state index in [2.05, 4.69) is 15.6 Å². The van der Waals surface area contributed by atoms with Crippen molar-refractivity contribution in [1.82, 2.24) is 9.62 Å². The lowest BCUT2D eigenvalue weighted by Crippen LogP contribution is -2.40. The Bertz CT molecular complexity index is 737. The molecule has 1 aliphatic heterocycles. The summed E-state index contributed by atoms with van der Waals surface area (Å²) < 4.78 is 37.2. The van der Waals surface area contributed by atoms with Crippen LogP contribution >= 0.6 is 11.8 Å². The van der Waals surface area contributed by atoms with Crippen LogP contribution in [0.2, 0.25) is 0 Å². The van der Waals surface area contributed by atoms with Crippen LogP contribution in [0.15, 0.2) is 29.3 Å². The second-order valence-electron chi connectivity index (χ2n) is 6.44. The fourth-order valence-corrected chi connectivity index (χ4v) is 5.18. The number of thioether (sulfide) groups is 1. The van der Waals surface area contributed by atoms with Gasteiger partial charge >= 0.3 is 0 Å². The number of guanidine groups is 1. The second-order valence-corrected chi connectivity index (χ2v) is 9.75. The van der Waals surface area contributed by atoms with Crippen molar-refractivity contribution in [2.45, 2.75) is 13.3 Å². The first-order chi connectivity index (χ1) is 14.0. The first kappa shape index (κ1) is 23.8. The second kappa shape index (κ2) is 12.9. The van der Waals surface area contributed by atoms with E-state index in [4.69, 9.17) is 9.47 Å². The Morgan fingerprint density at radius 3 is 2.79 bits per heavy atom. The smallest absolute Gasteiger partial charge is 0.215 e. The van der Waals surface area contributed by atoms with Crippen molar-refractivity contribution in [2.75, 3.05) is 69.1 Å². The summed E-state index contributed by atoms with van der Waals surface area (Å²) in [6.07, 6.45) is 0.822. The predicted octanol–water partition coefficient (Wildman–Crippen LogP) is 1.86. The number of benzene rings is 1. The maximum atomic E-state index is 12.5. The molecule has 0 amide bonds. The molecule has 2 rings (SSSR count). The molecule has 10 heteroatoms. The van der Waals surface area contributed by atoms with Crippen LogP contribution in [0.5, 0.6) is 5.75 Å². The van der Waals surface area contributed by atoms with E-state index in [-0.39, 0.29) is 12.3 Å². The number of hydrogen-bond donors (Lipinski definition) is 2. The van der Waals surface area contributed by atoms with Gasteiger partial charge in [0.15, 0.2) is 5.96 Å². The molecule has 2 N–H and O–H groups in total. The molecule has 0 unspecified atom stereocenters. The molecule has 1 fully saturated rings. The topological polar surface area (TPSA) is 92.3 Å². The molecule has 0 bridgehead atoms. The van der Waals surface area contributed by atoms with Crippen LogP contribution < -0.4 is 15.4 Å². The van der Waals surface area contributed by atoms with Gasteiger partial charge in [0.05, 0.1) is 18.9 Å². The third-order valence-corrected chi connectivity index (χ3v) is 6.98. The number of methoxy groups -OCH3 is 1. The molecule has 1 aromatic rings. The van der Waals surface area contributed by atoms with Crippen LogP contribution in [-0.2, 0) is 14.8 Å². The van der Waals surface area contributed by atoms with Gasteiger partial charge in [-0.2, -0.15) is 11.8 Å². The summed E-state index contributed by atoms with van der Waals surface area (Å²) in [6.45, 7) is 5.27. The van der Waals surface area contributed by atoms with Crippen molar-refractivity contribution in [3.8, 4) is 5.75 Å². The van der Waals surface area contributed by atoms with Gasteiger partial charge < -0.3 is 20.1 Å². The van der Waals surface area contributed by atoms with Gasteiger partial charge in [-0.15, -0.1) is 0 Å². The van der Waals surface area contributed by atoms with Gasteiger partial charge in [-0.05, 0) is 19.1 Å². The zero-order chi connectivity index (χ0) is 21.0. The number of aliphatic imine (C=N–C) groups is 1. The van der Waals surface area contributed by atoms with E-state index in [0.717, 1.165) is 29.4 Å². The van der Waals surface area contributed by atoms with Crippen LogP contribution in [0.25, 0.3) is 0 Å². The molecule has 0 saturated carbocycles. The van der Waals surface area contributed by atoms with Crippen molar-refractivity contribution in [3.05, 3.63) is 24.3 Å². The molecule has 164 valence electrons. The SMILES string of the molecule is CCNC(=NCCS(=O)(=O)N1CCSCC1)Nc1cccc(OCCCOC)c1. The molecule has 8 nitrogen and oxygen atoms in total. The van der Waals surface area contributed by atoms with Crippen LogP contribution in [0.4, 0.5) is 5.69 Å². The first-order valence-electron chi connectivity index (χ1n) is 9.88. The molecule has 1 aliphatic rings. The molecular weight excluding hydrogens is 412 g/mol. The third-order valence-electron chi connectivity index (χ3n) is 4.19. The molecule has 1 saturated heterocycles. The number of nitrogens with one attached hydrogen (secondary N) is 2. The van der Waals surface area contributed by atoms with E-state index >= 15 is 0 Å². The molecule has 0 aliphatic carbocycles. The van der Waals surface area contributed by atoms with Crippen molar-refractivity contribution >= 4 is 33.4 Å². The van der Waals surface area contributed by atoms with Gasteiger partial charge in [0.2, 0.25) is 10.0 Å². The van der Waals surface area contributed by atoms with Gasteiger partial charge in [0.1, 0.15) is 5.75 Å². The van der Waals surface area contributed by atoms with Crippen molar-refractivity contribution < 1.29 is 17.9 Å². The molecule has 1 heterocycles. The van der Waals surface area contributed by atoms with Crippen LogP contribution in [-0.4, -0.2) is 82.4 Å². The summed E-state index contributed by atoms with van der Waals surface area (Å²) in [7, 11) is -1.59. The Labute approximate surface area is 178 Å². The standard InChI is InChI=1S/C19H32N4O4S2/c1-3-20-19(21-8-15-29(24,25)23-9-13-28-14-10-23)22-17-6-4-7-18(16-17)27-12-5-11-26-2/h4,6-7,16H,3,5,8-15H2,1-2H3,(H2,20,21,22). The van der Waals surface area contributed by atoms with Crippen molar-refractivity contribution in [1.29, 1.82) is 0 Å². The Balaban J connectivity index is 1.91. The average Bonchev–Trinajstić information content (AvgIpc) is 2.72. The van der Waals surface area contributed by atoms with E-state index in [1.807, 2.05) is 31.2 Å². The molecular formula is C19H32N4O4S2. The Kier molecular flexibility index (Phi) is 10.6. The highest BCUT2D eigenvalue weighted by atomic mass is 32.2. The van der Waals surface area contributed by atoms with Crippen LogP contribution in [0.3, 0.4) is 0 Å². The van der Waals surface area contributed by atoms with Crippen molar-refractivity contribution in [2.24, 2.45) is 4.99 Å². The highest BCUT2D eigenvalue weighted by Crippen LogP contribution is 2.17. The minimum absolute atomic E-state index is 0.0108. The quantitative estimate of drug-likeness (QED) is 0.306. The summed E-state index contributed by atoms with van der Waals surface area (Å²) >= 11 is 1.79. The Morgan fingerprint density at radius 2 is 2.07 bits per heavy atom. The normalized spacial score (nSPS) is 15.9. The van der Waals surface area contributed by atoms with E-state index in [1.54, 1.807) is 23.2 Å². The molecule has 29 heavy (non-hydrogen) atoms. The maximum absolute atomic E-state index is 12.5. The Hall–Kier alpha value is -1.49. The van der Waals surface area contributed by atoms with Gasteiger partial charge in [0.25, 0.3) is 0 Å². The number of ether oxygens (including phenoxy) is 2. The third kappa shape index (κ3) is 8.81. The summed E-state index contributed by atoms with van der Waals surface area (Å²) in [4.78, 5) is 4.43. The number of anilines is 1. The number of rotatable bonds is 11. The summed E-state index contributed by atoms with van der Waals surface area (Å²) in [5, 5.41) is 6.36. The van der Waals surface area contributed by atoms with Gasteiger partial charge in [0, 0.05) is 63.0 Å². The Morgan fingerprint density at radius 1 is 1.28 bits per heavy atom. The van der Waals surface area contributed by atoms with Gasteiger partial charge in [-0.3, -0.25) is 4.99 Å². The van der Waals surface area contributed by atoms with E-state index < -0.39 is 10.0 Å². The largest absolute Gasteiger partial charge is 0.493 e. The number of sulfonamides is 1.